The van der Waals surface area contributed by atoms with Crippen LogP contribution in [0.4, 0.5) is 10.5 Å². The Morgan fingerprint density at radius 1 is 1.40 bits per heavy atom. The normalized spacial score (nSPS) is 11.8. The van der Waals surface area contributed by atoms with E-state index in [1.54, 1.807) is 19.1 Å². The van der Waals surface area contributed by atoms with E-state index in [0.29, 0.717) is 24.4 Å². The minimum Gasteiger partial charge on any atom is -0.478 e. The predicted molar refractivity (Wildman–Crippen MR) is 76.2 cm³/mol. The summed E-state index contributed by atoms with van der Waals surface area (Å²) in [6.45, 7) is 6.38. The third-order valence-corrected chi connectivity index (χ3v) is 2.81. The topological polar surface area (TPSA) is 87.7 Å². The molecule has 0 spiro atoms. The molecule has 2 amide bonds. The van der Waals surface area contributed by atoms with Crippen LogP contribution in [-0.4, -0.2) is 36.4 Å². The maximum absolute atomic E-state index is 11.7. The number of benzene rings is 1. The zero-order valence-electron chi connectivity index (χ0n) is 11.9. The van der Waals surface area contributed by atoms with Crippen molar-refractivity contribution in [1.29, 1.82) is 0 Å². The van der Waals surface area contributed by atoms with Crippen molar-refractivity contribution in [1.82, 2.24) is 5.32 Å². The lowest BCUT2D eigenvalue weighted by Crippen LogP contribution is -2.35. The number of hydrogen-bond donors (Lipinski definition) is 3. The Kier molecular flexibility index (Phi) is 5.99. The van der Waals surface area contributed by atoms with Gasteiger partial charge in [0.2, 0.25) is 0 Å². The fraction of sp³-hybridized carbons (Fsp3) is 0.429. The van der Waals surface area contributed by atoms with Crippen molar-refractivity contribution < 1.29 is 19.4 Å². The van der Waals surface area contributed by atoms with E-state index in [4.69, 9.17) is 9.84 Å². The summed E-state index contributed by atoms with van der Waals surface area (Å²) in [7, 11) is 0. The standard InChI is InChI=1S/C14H20N2O4/c1-4-20-9(2)8-15-14(19)16-12-7-5-6-11(10(12)3)13(17)18/h5-7,9H,4,8H2,1-3H3,(H,17,18)(H2,15,16,19). The molecule has 0 radical (unpaired) electrons. The number of nitrogens with one attached hydrogen (secondary N) is 2. The van der Waals surface area contributed by atoms with E-state index in [9.17, 15) is 9.59 Å². The van der Waals surface area contributed by atoms with Crippen molar-refractivity contribution >= 4 is 17.7 Å². The van der Waals surface area contributed by atoms with Crippen LogP contribution in [0.2, 0.25) is 0 Å². The van der Waals surface area contributed by atoms with E-state index in [0.717, 1.165) is 0 Å². The van der Waals surface area contributed by atoms with Gasteiger partial charge in [0.1, 0.15) is 0 Å². The third kappa shape index (κ3) is 4.55. The van der Waals surface area contributed by atoms with E-state index < -0.39 is 5.97 Å². The van der Waals surface area contributed by atoms with Gasteiger partial charge in [-0.25, -0.2) is 9.59 Å². The molecule has 0 heterocycles. The van der Waals surface area contributed by atoms with Crippen molar-refractivity contribution in [2.24, 2.45) is 0 Å². The number of carboxylic acid groups (broad SMARTS) is 1. The summed E-state index contributed by atoms with van der Waals surface area (Å²) in [6.07, 6.45) is -0.0720. The highest BCUT2D eigenvalue weighted by molar-refractivity contribution is 5.95. The van der Waals surface area contributed by atoms with Gasteiger partial charge < -0.3 is 20.5 Å². The fourth-order valence-electron chi connectivity index (χ4n) is 1.75. The Hall–Kier alpha value is -2.08. The zero-order chi connectivity index (χ0) is 15.1. The first-order valence-corrected chi connectivity index (χ1v) is 6.45. The molecule has 1 aromatic carbocycles. The minimum atomic E-state index is -1.02. The van der Waals surface area contributed by atoms with E-state index in [-0.39, 0.29) is 17.7 Å². The van der Waals surface area contributed by atoms with Crippen LogP contribution in [0.25, 0.3) is 0 Å². The van der Waals surface area contributed by atoms with Crippen molar-refractivity contribution in [2.75, 3.05) is 18.5 Å². The maximum atomic E-state index is 11.7. The fourth-order valence-corrected chi connectivity index (χ4v) is 1.75. The Bertz CT molecular complexity index is 488. The lowest BCUT2D eigenvalue weighted by atomic mass is 10.1. The number of carboxylic acids is 1. The molecule has 0 aromatic heterocycles. The molecule has 1 atom stereocenters. The second-order valence-electron chi connectivity index (χ2n) is 4.38. The Morgan fingerprint density at radius 2 is 2.10 bits per heavy atom. The third-order valence-electron chi connectivity index (χ3n) is 2.81. The van der Waals surface area contributed by atoms with Crippen LogP contribution in [0.3, 0.4) is 0 Å². The summed E-state index contributed by atoms with van der Waals surface area (Å²) in [6, 6.07) is 4.36. The zero-order valence-corrected chi connectivity index (χ0v) is 11.9. The van der Waals surface area contributed by atoms with Crippen molar-refractivity contribution in [3.8, 4) is 0 Å². The number of ether oxygens (including phenoxy) is 1. The smallest absolute Gasteiger partial charge is 0.336 e. The lowest BCUT2D eigenvalue weighted by molar-refractivity contribution is 0.0696. The molecular formula is C14H20N2O4. The van der Waals surface area contributed by atoms with Crippen molar-refractivity contribution in [2.45, 2.75) is 26.9 Å². The Morgan fingerprint density at radius 3 is 2.70 bits per heavy atom. The molecule has 0 aliphatic rings. The first kappa shape index (κ1) is 16.0. The van der Waals surface area contributed by atoms with Gasteiger partial charge in [-0.2, -0.15) is 0 Å². The van der Waals surface area contributed by atoms with Gasteiger partial charge in [-0.3, -0.25) is 0 Å². The van der Waals surface area contributed by atoms with Gasteiger partial charge in [-0.1, -0.05) is 6.07 Å². The van der Waals surface area contributed by atoms with Crippen molar-refractivity contribution in [3.63, 3.8) is 0 Å². The van der Waals surface area contributed by atoms with Gasteiger partial charge in [-0.05, 0) is 38.5 Å². The number of amides is 2. The van der Waals surface area contributed by atoms with Crippen LogP contribution in [0.15, 0.2) is 18.2 Å². The van der Waals surface area contributed by atoms with Gasteiger partial charge in [0.25, 0.3) is 0 Å². The molecule has 1 unspecified atom stereocenters. The lowest BCUT2D eigenvalue weighted by Gasteiger charge is -2.14. The number of hydrogen-bond acceptors (Lipinski definition) is 3. The van der Waals surface area contributed by atoms with Gasteiger partial charge in [0.05, 0.1) is 11.7 Å². The highest BCUT2D eigenvalue weighted by Crippen LogP contribution is 2.18. The number of rotatable bonds is 6. The molecular weight excluding hydrogens is 260 g/mol. The molecule has 0 aliphatic heterocycles. The van der Waals surface area contributed by atoms with Crippen LogP contribution in [-0.2, 0) is 4.74 Å². The SMILES string of the molecule is CCOC(C)CNC(=O)Nc1cccc(C(=O)O)c1C. The number of aromatic carboxylic acids is 1. The monoisotopic (exact) mass is 280 g/mol. The summed E-state index contributed by atoms with van der Waals surface area (Å²) in [5.74, 6) is -1.02. The Labute approximate surface area is 118 Å². The quantitative estimate of drug-likeness (QED) is 0.745. The molecule has 0 bridgehead atoms. The molecule has 0 aliphatic carbocycles. The van der Waals surface area contributed by atoms with E-state index >= 15 is 0 Å². The largest absolute Gasteiger partial charge is 0.478 e. The van der Waals surface area contributed by atoms with Gasteiger partial charge in [0.15, 0.2) is 0 Å². The second-order valence-corrected chi connectivity index (χ2v) is 4.38. The summed E-state index contributed by atoms with van der Waals surface area (Å²) in [5.41, 5.74) is 1.17. The summed E-state index contributed by atoms with van der Waals surface area (Å²) >= 11 is 0. The second kappa shape index (κ2) is 7.49. The molecule has 0 saturated carbocycles. The number of carbonyl (C=O) groups excluding carboxylic acids is 1. The predicted octanol–water partition coefficient (Wildman–Crippen LogP) is 2.24. The van der Waals surface area contributed by atoms with Crippen LogP contribution >= 0.6 is 0 Å². The van der Waals surface area contributed by atoms with Crippen LogP contribution in [0.5, 0.6) is 0 Å². The average molecular weight is 280 g/mol. The van der Waals surface area contributed by atoms with Crippen molar-refractivity contribution in [3.05, 3.63) is 29.3 Å². The summed E-state index contributed by atoms with van der Waals surface area (Å²) in [5, 5.41) is 14.3. The number of anilines is 1. The molecule has 110 valence electrons. The van der Waals surface area contributed by atoms with Gasteiger partial charge in [-0.15, -0.1) is 0 Å². The highest BCUT2D eigenvalue weighted by Gasteiger charge is 2.12. The van der Waals surface area contributed by atoms with E-state index in [1.165, 1.54) is 6.07 Å². The maximum Gasteiger partial charge on any atom is 0.336 e. The number of urea groups is 1. The first-order chi connectivity index (χ1) is 9.45. The van der Waals surface area contributed by atoms with Gasteiger partial charge in [0, 0.05) is 18.8 Å². The van der Waals surface area contributed by atoms with Crippen LogP contribution in [0, 0.1) is 6.92 Å². The molecule has 6 heteroatoms. The van der Waals surface area contributed by atoms with Gasteiger partial charge >= 0.3 is 12.0 Å². The summed E-state index contributed by atoms with van der Waals surface area (Å²) < 4.78 is 5.30. The van der Waals surface area contributed by atoms with E-state index in [1.807, 2.05) is 13.8 Å². The first-order valence-electron chi connectivity index (χ1n) is 6.45. The minimum absolute atomic E-state index is 0.0720. The van der Waals surface area contributed by atoms with Crippen LogP contribution in [0.1, 0.15) is 29.8 Å². The molecule has 20 heavy (non-hydrogen) atoms. The highest BCUT2D eigenvalue weighted by atomic mass is 16.5. The molecule has 6 nitrogen and oxygen atoms in total. The molecule has 3 N–H and O–H groups in total. The summed E-state index contributed by atoms with van der Waals surface area (Å²) in [4.78, 5) is 22.7. The Balaban J connectivity index is 2.62. The molecule has 1 rings (SSSR count). The number of carbonyl (C=O) groups is 2. The van der Waals surface area contributed by atoms with E-state index in [2.05, 4.69) is 10.6 Å². The average Bonchev–Trinajstić information content (AvgIpc) is 2.39. The van der Waals surface area contributed by atoms with Crippen LogP contribution < -0.4 is 10.6 Å². The molecule has 0 saturated heterocycles. The molecule has 1 aromatic rings. The molecule has 0 fully saturated rings.